The molecule has 0 spiro atoms. The fraction of sp³-hybridized carbons (Fsp3) is 0.310. The fourth-order valence-corrected chi connectivity index (χ4v) is 4.35. The van der Waals surface area contributed by atoms with Gasteiger partial charge in [0.05, 0.1) is 28.4 Å². The minimum atomic E-state index is -0.631. The Balaban J connectivity index is 1.50. The first-order valence-electron chi connectivity index (χ1n) is 12.2. The molecular formula is C29H32N2O7. The summed E-state index contributed by atoms with van der Waals surface area (Å²) in [5, 5.41) is 2.92. The van der Waals surface area contributed by atoms with Crippen LogP contribution in [-0.2, 0) is 17.8 Å². The number of hydrogen-bond acceptors (Lipinski definition) is 7. The van der Waals surface area contributed by atoms with Gasteiger partial charge in [-0.05, 0) is 67.4 Å². The van der Waals surface area contributed by atoms with Crippen molar-refractivity contribution in [3.05, 3.63) is 71.3 Å². The first kappa shape index (κ1) is 26.7. The van der Waals surface area contributed by atoms with Gasteiger partial charge in [-0.3, -0.25) is 9.59 Å². The number of nitrogens with zero attached hydrogens (tertiary/aromatic N) is 1. The summed E-state index contributed by atoms with van der Waals surface area (Å²) in [6, 6.07) is 16.1. The number of anilines is 1. The summed E-state index contributed by atoms with van der Waals surface area (Å²) in [7, 11) is 6.25. The molecule has 4 rings (SSSR count). The van der Waals surface area contributed by atoms with Crippen molar-refractivity contribution in [1.29, 1.82) is 0 Å². The Labute approximate surface area is 222 Å². The molecule has 0 fully saturated rings. The lowest BCUT2D eigenvalue weighted by molar-refractivity contribution is -0.137. The van der Waals surface area contributed by atoms with E-state index < -0.39 is 6.10 Å². The molecule has 0 unspecified atom stereocenters. The molecule has 1 N–H and O–H groups in total. The molecule has 9 nitrogen and oxygen atoms in total. The van der Waals surface area contributed by atoms with Crippen LogP contribution in [0.4, 0.5) is 5.69 Å². The lowest BCUT2D eigenvalue weighted by atomic mass is 10.1. The lowest BCUT2D eigenvalue weighted by Gasteiger charge is -2.22. The number of methoxy groups -OCH3 is 4. The summed E-state index contributed by atoms with van der Waals surface area (Å²) in [6.45, 7) is 2.59. The fourth-order valence-electron chi connectivity index (χ4n) is 4.35. The normalized spacial score (nSPS) is 14.6. The van der Waals surface area contributed by atoms with Crippen molar-refractivity contribution >= 4 is 17.5 Å². The first-order chi connectivity index (χ1) is 18.4. The topological polar surface area (TPSA) is 95.6 Å². The lowest BCUT2D eigenvalue weighted by Crippen LogP contribution is -2.39. The van der Waals surface area contributed by atoms with E-state index in [1.54, 1.807) is 56.4 Å². The summed E-state index contributed by atoms with van der Waals surface area (Å²) >= 11 is 0. The monoisotopic (exact) mass is 520 g/mol. The number of amides is 2. The van der Waals surface area contributed by atoms with Gasteiger partial charge in [-0.2, -0.15) is 0 Å². The number of carbonyl (C=O) groups is 2. The van der Waals surface area contributed by atoms with Crippen molar-refractivity contribution in [1.82, 2.24) is 4.90 Å². The van der Waals surface area contributed by atoms with E-state index in [1.165, 1.54) is 14.2 Å². The van der Waals surface area contributed by atoms with Gasteiger partial charge in [0.2, 0.25) is 0 Å². The van der Waals surface area contributed by atoms with Gasteiger partial charge >= 0.3 is 0 Å². The van der Waals surface area contributed by atoms with E-state index in [-0.39, 0.29) is 11.8 Å². The van der Waals surface area contributed by atoms with E-state index in [4.69, 9.17) is 23.7 Å². The van der Waals surface area contributed by atoms with Crippen LogP contribution in [0.5, 0.6) is 28.7 Å². The molecule has 1 aliphatic rings. The molecular weight excluding hydrogens is 488 g/mol. The second-order valence-corrected chi connectivity index (χ2v) is 8.81. The van der Waals surface area contributed by atoms with Crippen LogP contribution >= 0.6 is 0 Å². The minimum Gasteiger partial charge on any atom is -0.493 e. The van der Waals surface area contributed by atoms with E-state index >= 15 is 0 Å². The molecule has 3 aromatic rings. The number of benzene rings is 3. The van der Waals surface area contributed by atoms with E-state index in [2.05, 4.69) is 5.32 Å². The number of nitrogens with one attached hydrogen (secondary N) is 1. The maximum Gasteiger partial charge on any atom is 0.263 e. The Morgan fingerprint density at radius 1 is 0.895 bits per heavy atom. The van der Waals surface area contributed by atoms with E-state index in [9.17, 15) is 9.59 Å². The quantitative estimate of drug-likeness (QED) is 0.449. The Morgan fingerprint density at radius 3 is 2.24 bits per heavy atom. The Kier molecular flexibility index (Phi) is 8.25. The zero-order chi connectivity index (χ0) is 27.2. The molecule has 0 aromatic heterocycles. The van der Waals surface area contributed by atoms with Crippen LogP contribution in [0.15, 0.2) is 54.6 Å². The molecule has 2 amide bonds. The molecule has 0 saturated carbocycles. The largest absolute Gasteiger partial charge is 0.493 e. The number of ether oxygens (including phenoxy) is 5. The Bertz CT molecular complexity index is 1320. The average molecular weight is 521 g/mol. The van der Waals surface area contributed by atoms with Crippen molar-refractivity contribution < 1.29 is 33.3 Å². The third kappa shape index (κ3) is 5.77. The van der Waals surface area contributed by atoms with Gasteiger partial charge in [-0.15, -0.1) is 0 Å². The smallest absolute Gasteiger partial charge is 0.263 e. The predicted molar refractivity (Wildman–Crippen MR) is 143 cm³/mol. The SMILES string of the molecule is COc1ccc(CCN2Cc3cc(NC(=O)c4ccc(OC)c(OC)c4)ccc3O[C@H](C)C2=O)cc1OC. The molecule has 38 heavy (non-hydrogen) atoms. The second kappa shape index (κ2) is 11.8. The highest BCUT2D eigenvalue weighted by molar-refractivity contribution is 6.04. The maximum absolute atomic E-state index is 13.1. The van der Waals surface area contributed by atoms with Gasteiger partial charge in [0, 0.05) is 29.9 Å². The molecule has 1 atom stereocenters. The molecule has 9 heteroatoms. The minimum absolute atomic E-state index is 0.0995. The third-order valence-electron chi connectivity index (χ3n) is 6.41. The molecule has 1 aliphatic heterocycles. The summed E-state index contributed by atoms with van der Waals surface area (Å²) in [5.74, 6) is 2.52. The van der Waals surface area contributed by atoms with Gasteiger partial charge in [0.25, 0.3) is 11.8 Å². The number of carbonyl (C=O) groups excluding carboxylic acids is 2. The molecule has 1 heterocycles. The van der Waals surface area contributed by atoms with E-state index in [0.29, 0.717) is 59.5 Å². The molecule has 200 valence electrons. The zero-order valence-electron chi connectivity index (χ0n) is 22.2. The summed E-state index contributed by atoms with van der Waals surface area (Å²) in [4.78, 5) is 27.8. The second-order valence-electron chi connectivity index (χ2n) is 8.81. The zero-order valence-corrected chi connectivity index (χ0v) is 22.2. The predicted octanol–water partition coefficient (Wildman–Crippen LogP) is 4.33. The van der Waals surface area contributed by atoms with Gasteiger partial charge in [-0.1, -0.05) is 6.07 Å². The number of fused-ring (bicyclic) bond motifs is 1. The van der Waals surface area contributed by atoms with Crippen LogP contribution in [0, 0.1) is 0 Å². The molecule has 0 aliphatic carbocycles. The van der Waals surface area contributed by atoms with Crippen LogP contribution in [0.2, 0.25) is 0 Å². The highest BCUT2D eigenvalue weighted by atomic mass is 16.5. The molecule has 0 saturated heterocycles. The summed E-state index contributed by atoms with van der Waals surface area (Å²) in [6.07, 6.45) is -0.00184. The van der Waals surface area contributed by atoms with Crippen molar-refractivity contribution in [3.8, 4) is 28.7 Å². The maximum atomic E-state index is 13.1. The number of rotatable bonds is 9. The third-order valence-corrected chi connectivity index (χ3v) is 6.41. The van der Waals surface area contributed by atoms with Crippen LogP contribution in [-0.4, -0.2) is 57.8 Å². The number of hydrogen-bond donors (Lipinski definition) is 1. The standard InChI is InChI=1S/C29H32N2O7/c1-18-29(33)31(13-12-19-6-9-24(34-2)26(14-19)36-4)17-21-15-22(8-11-23(21)38-18)30-28(32)20-7-10-25(35-3)27(16-20)37-5/h6-11,14-16,18H,12-13,17H2,1-5H3,(H,30,32)/t18-/m1/s1. The molecule has 0 radical (unpaired) electrons. The Morgan fingerprint density at radius 2 is 1.55 bits per heavy atom. The molecule has 0 bridgehead atoms. The Hall–Kier alpha value is -4.40. The van der Waals surface area contributed by atoms with Gasteiger partial charge in [0.15, 0.2) is 29.1 Å². The van der Waals surface area contributed by atoms with Crippen molar-refractivity contribution in [2.24, 2.45) is 0 Å². The van der Waals surface area contributed by atoms with Crippen molar-refractivity contribution in [3.63, 3.8) is 0 Å². The van der Waals surface area contributed by atoms with Crippen LogP contribution < -0.4 is 29.0 Å². The van der Waals surface area contributed by atoms with Gasteiger partial charge < -0.3 is 33.9 Å². The molecule has 3 aromatic carbocycles. The van der Waals surface area contributed by atoms with E-state index in [0.717, 1.165) is 11.1 Å². The first-order valence-corrected chi connectivity index (χ1v) is 12.2. The van der Waals surface area contributed by atoms with E-state index in [1.807, 2.05) is 24.3 Å². The average Bonchev–Trinajstić information content (AvgIpc) is 3.06. The summed E-state index contributed by atoms with van der Waals surface area (Å²) in [5.41, 5.74) is 2.84. The summed E-state index contributed by atoms with van der Waals surface area (Å²) < 4.78 is 27.2. The van der Waals surface area contributed by atoms with Gasteiger partial charge in [0.1, 0.15) is 5.75 Å². The van der Waals surface area contributed by atoms with Gasteiger partial charge in [-0.25, -0.2) is 0 Å². The van der Waals surface area contributed by atoms with Crippen molar-refractivity contribution in [2.75, 3.05) is 40.3 Å². The van der Waals surface area contributed by atoms with Crippen LogP contribution in [0.1, 0.15) is 28.4 Å². The van der Waals surface area contributed by atoms with Crippen LogP contribution in [0.25, 0.3) is 0 Å². The van der Waals surface area contributed by atoms with Crippen LogP contribution in [0.3, 0.4) is 0 Å². The highest BCUT2D eigenvalue weighted by Gasteiger charge is 2.28. The highest BCUT2D eigenvalue weighted by Crippen LogP contribution is 2.31. The van der Waals surface area contributed by atoms with Crippen molar-refractivity contribution in [2.45, 2.75) is 26.0 Å².